The van der Waals surface area contributed by atoms with Gasteiger partial charge in [-0.3, -0.25) is 0 Å². The first kappa shape index (κ1) is 23.3. The van der Waals surface area contributed by atoms with E-state index in [-0.39, 0.29) is 0 Å². The quantitative estimate of drug-likeness (QED) is 0.186. The van der Waals surface area contributed by atoms with Gasteiger partial charge in [0.15, 0.2) is 6.20 Å². The topological polar surface area (TPSA) is 3.88 Å². The zero-order chi connectivity index (χ0) is 24.6. The molecule has 0 bridgehead atoms. The molecule has 0 fully saturated rings. The predicted molar refractivity (Wildman–Crippen MR) is 153 cm³/mol. The molecule has 0 N–H and O–H groups in total. The highest BCUT2D eigenvalue weighted by Gasteiger charge is 2.26. The van der Waals surface area contributed by atoms with Gasteiger partial charge >= 0.3 is 0 Å². The van der Waals surface area contributed by atoms with Crippen LogP contribution in [0, 0.1) is 13.8 Å². The van der Waals surface area contributed by atoms with Crippen molar-refractivity contribution in [1.29, 1.82) is 0 Å². The maximum Gasteiger partial charge on any atom is 0.220 e. The Bertz CT molecular complexity index is 1500. The van der Waals surface area contributed by atoms with Crippen LogP contribution < -0.4 is 9.75 Å². The Hall–Kier alpha value is -3.49. The predicted octanol–water partition coefficient (Wildman–Crippen LogP) is 7.31. The average molecular weight is 473 g/mol. The lowest BCUT2D eigenvalue weighted by atomic mass is 9.92. The molecule has 0 aliphatic carbocycles. The first-order chi connectivity index (χ1) is 16.8. The van der Waals surface area contributed by atoms with Gasteiger partial charge in [0.2, 0.25) is 5.69 Å². The highest BCUT2D eigenvalue weighted by Crippen LogP contribution is 2.33. The molecule has 1 aromatic heterocycles. The number of pyridine rings is 1. The number of aromatic nitrogens is 1. The second-order valence-corrected chi connectivity index (χ2v) is 15.2. The number of fused-ring (bicyclic) bond motifs is 1. The van der Waals surface area contributed by atoms with Crippen molar-refractivity contribution >= 4 is 24.0 Å². The van der Waals surface area contributed by atoms with Gasteiger partial charge in [-0.1, -0.05) is 103 Å². The van der Waals surface area contributed by atoms with Gasteiger partial charge in [-0.25, -0.2) is 4.57 Å². The first-order valence-corrected chi connectivity index (χ1v) is 15.7. The summed E-state index contributed by atoms with van der Waals surface area (Å²) in [6.07, 6.45) is 2.22. The zero-order valence-corrected chi connectivity index (χ0v) is 22.5. The molecule has 0 saturated carbocycles. The monoisotopic (exact) mass is 472 g/mol. The van der Waals surface area contributed by atoms with Crippen LogP contribution in [0.2, 0.25) is 13.1 Å². The van der Waals surface area contributed by atoms with Crippen LogP contribution in [0.3, 0.4) is 0 Å². The highest BCUT2D eigenvalue weighted by molar-refractivity contribution is 6.89. The lowest BCUT2D eigenvalue weighted by Gasteiger charge is -2.24. The van der Waals surface area contributed by atoms with E-state index in [9.17, 15) is 0 Å². The van der Waals surface area contributed by atoms with Crippen LogP contribution in [-0.2, 0) is 13.1 Å². The van der Waals surface area contributed by atoms with Gasteiger partial charge in [0.1, 0.15) is 7.05 Å². The van der Waals surface area contributed by atoms with E-state index < -0.39 is 8.07 Å². The van der Waals surface area contributed by atoms with Gasteiger partial charge in [-0.15, -0.1) is 0 Å². The van der Waals surface area contributed by atoms with E-state index in [4.69, 9.17) is 0 Å². The molecule has 35 heavy (non-hydrogen) atoms. The van der Waals surface area contributed by atoms with E-state index in [2.05, 4.69) is 142 Å². The molecule has 0 spiro atoms. The second-order valence-electron chi connectivity index (χ2n) is 10.5. The van der Waals surface area contributed by atoms with Crippen molar-refractivity contribution in [2.45, 2.75) is 33.0 Å². The van der Waals surface area contributed by atoms with Crippen molar-refractivity contribution in [3.63, 3.8) is 0 Å². The molecule has 0 saturated heterocycles. The molecule has 0 aliphatic rings. The van der Waals surface area contributed by atoms with Crippen LogP contribution in [0.15, 0.2) is 103 Å². The largest absolute Gasteiger partial charge is 0.220 e. The number of hydrogen-bond donors (Lipinski definition) is 0. The normalized spacial score (nSPS) is 11.7. The fourth-order valence-corrected chi connectivity index (χ4v) is 7.78. The maximum atomic E-state index is 2.49. The summed E-state index contributed by atoms with van der Waals surface area (Å²) in [7, 11) is 0.540. The number of aryl methyl sites for hydroxylation is 2. The van der Waals surface area contributed by atoms with Crippen molar-refractivity contribution < 1.29 is 4.57 Å². The lowest BCUT2D eigenvalue weighted by molar-refractivity contribution is -0.659. The van der Waals surface area contributed by atoms with E-state index in [1.54, 1.807) is 0 Å². The van der Waals surface area contributed by atoms with Gasteiger partial charge in [0.05, 0.1) is 19.0 Å². The summed E-state index contributed by atoms with van der Waals surface area (Å²) in [5.41, 5.74) is 9.24. The number of nitrogens with zero attached hydrogens (tertiary/aromatic N) is 1. The van der Waals surface area contributed by atoms with Crippen molar-refractivity contribution in [3.8, 4) is 22.4 Å². The molecule has 0 amide bonds. The molecule has 0 aliphatic heterocycles. The third kappa shape index (κ3) is 4.59. The smallest absolute Gasteiger partial charge is 0.200 e. The van der Waals surface area contributed by atoms with Crippen molar-refractivity contribution in [2.24, 2.45) is 7.05 Å². The van der Waals surface area contributed by atoms with Crippen molar-refractivity contribution in [1.82, 2.24) is 0 Å². The van der Waals surface area contributed by atoms with Crippen LogP contribution in [0.4, 0.5) is 0 Å². The summed E-state index contributed by atoms with van der Waals surface area (Å²) in [6, 6.07) is 37.0. The summed E-state index contributed by atoms with van der Waals surface area (Å²) in [5, 5.41) is 4.15. The standard InChI is InChI=1S/C33H34NSi/c1-24-20-29(27-14-10-7-11-15-27)22-32(25(24)2)33-31-17-16-30(21-28(31)18-19-34(33)3)35(4,5)23-26-12-8-6-9-13-26/h6-22H,23H2,1-5H3/q+1. The Morgan fingerprint density at radius 3 is 2.11 bits per heavy atom. The van der Waals surface area contributed by atoms with Gasteiger partial charge in [-0.05, 0) is 59.7 Å². The molecule has 4 aromatic carbocycles. The van der Waals surface area contributed by atoms with E-state index in [0.717, 1.165) is 6.04 Å². The van der Waals surface area contributed by atoms with Crippen molar-refractivity contribution in [3.05, 3.63) is 120 Å². The molecule has 2 heteroatoms. The maximum absolute atomic E-state index is 2.49. The number of hydrogen-bond acceptors (Lipinski definition) is 0. The Labute approximate surface area is 210 Å². The summed E-state index contributed by atoms with van der Waals surface area (Å²) < 4.78 is 2.28. The Morgan fingerprint density at radius 1 is 0.714 bits per heavy atom. The van der Waals surface area contributed by atoms with Crippen LogP contribution in [0.1, 0.15) is 16.7 Å². The Morgan fingerprint density at radius 2 is 1.40 bits per heavy atom. The summed E-state index contributed by atoms with van der Waals surface area (Å²) in [4.78, 5) is 0. The van der Waals surface area contributed by atoms with E-state index >= 15 is 0 Å². The van der Waals surface area contributed by atoms with E-state index in [0.29, 0.717) is 0 Å². The fraction of sp³-hybridized carbons (Fsp3) is 0.182. The molecule has 0 unspecified atom stereocenters. The average Bonchev–Trinajstić information content (AvgIpc) is 2.86. The SMILES string of the molecule is Cc1cc(-c2ccccc2)cc(-c2c3ccc([Si](C)(C)Cc4ccccc4)cc3cc[n+]2C)c1C. The number of benzene rings is 4. The third-order valence-electron chi connectivity index (χ3n) is 7.44. The molecule has 1 heterocycles. The highest BCUT2D eigenvalue weighted by atomic mass is 28.3. The lowest BCUT2D eigenvalue weighted by Crippen LogP contribution is -2.44. The van der Waals surface area contributed by atoms with E-state index in [1.165, 1.54) is 55.0 Å². The number of rotatable bonds is 5. The van der Waals surface area contributed by atoms with Crippen LogP contribution in [0.5, 0.6) is 0 Å². The van der Waals surface area contributed by atoms with E-state index in [1.807, 2.05) is 0 Å². The van der Waals surface area contributed by atoms with Gasteiger partial charge in [0, 0.05) is 6.07 Å². The van der Waals surface area contributed by atoms with Crippen LogP contribution >= 0.6 is 0 Å². The van der Waals surface area contributed by atoms with Gasteiger partial charge in [-0.2, -0.15) is 0 Å². The first-order valence-electron chi connectivity index (χ1n) is 12.5. The molecule has 0 atom stereocenters. The zero-order valence-electron chi connectivity index (χ0n) is 21.5. The molecular weight excluding hydrogens is 438 g/mol. The summed E-state index contributed by atoms with van der Waals surface area (Å²) >= 11 is 0. The third-order valence-corrected chi connectivity index (χ3v) is 10.6. The Kier molecular flexibility index (Phi) is 6.17. The minimum atomic E-state index is -1.63. The molecular formula is C33H34NSi+. The molecule has 1 nitrogen and oxygen atoms in total. The molecule has 174 valence electrons. The van der Waals surface area contributed by atoms with Gasteiger partial charge in [0.25, 0.3) is 0 Å². The fourth-order valence-electron chi connectivity index (χ4n) is 5.24. The molecule has 5 rings (SSSR count). The summed E-state index contributed by atoms with van der Waals surface area (Å²) in [5.74, 6) is 0. The second kappa shape index (κ2) is 9.28. The molecule has 5 aromatic rings. The van der Waals surface area contributed by atoms with Crippen LogP contribution in [-0.4, -0.2) is 8.07 Å². The Balaban J connectivity index is 1.63. The van der Waals surface area contributed by atoms with Crippen LogP contribution in [0.25, 0.3) is 33.2 Å². The van der Waals surface area contributed by atoms with Gasteiger partial charge < -0.3 is 0 Å². The van der Waals surface area contributed by atoms with Crippen molar-refractivity contribution in [2.75, 3.05) is 0 Å². The molecule has 0 radical (unpaired) electrons. The summed E-state index contributed by atoms with van der Waals surface area (Å²) in [6.45, 7) is 9.46. The minimum absolute atomic E-state index is 1.16. The minimum Gasteiger partial charge on any atom is -0.200 e.